The first-order valence-electron chi connectivity index (χ1n) is 10.8. The second kappa shape index (κ2) is 10.7. The molecule has 162 valence electrons. The van der Waals surface area contributed by atoms with Crippen molar-refractivity contribution in [3.63, 3.8) is 0 Å². The molecular formula is C24H28ClN5O. The molecule has 0 atom stereocenters. The van der Waals surface area contributed by atoms with Crippen molar-refractivity contribution in [1.29, 1.82) is 5.26 Å². The molecule has 0 amide bonds. The van der Waals surface area contributed by atoms with Gasteiger partial charge in [0.2, 0.25) is 0 Å². The molecule has 1 aromatic heterocycles. The van der Waals surface area contributed by atoms with Crippen LogP contribution in [0.15, 0.2) is 48.5 Å². The van der Waals surface area contributed by atoms with Crippen molar-refractivity contribution in [1.82, 2.24) is 19.4 Å². The molecule has 1 aliphatic heterocycles. The fourth-order valence-electron chi connectivity index (χ4n) is 4.00. The lowest BCUT2D eigenvalue weighted by molar-refractivity contribution is 0.0329. The summed E-state index contributed by atoms with van der Waals surface area (Å²) in [6, 6.07) is 18.6. The van der Waals surface area contributed by atoms with Crippen LogP contribution in [-0.4, -0.2) is 65.3 Å². The molecule has 0 saturated carbocycles. The Morgan fingerprint density at radius 1 is 1.10 bits per heavy atom. The average Bonchev–Trinajstić information content (AvgIpc) is 3.12. The lowest BCUT2D eigenvalue weighted by atomic mass is 10.2. The molecule has 0 aliphatic carbocycles. The summed E-state index contributed by atoms with van der Waals surface area (Å²) in [6.45, 7) is 7.59. The van der Waals surface area contributed by atoms with E-state index in [1.54, 1.807) is 0 Å². The molecule has 0 bridgehead atoms. The second-order valence-corrected chi connectivity index (χ2v) is 8.31. The molecule has 1 aliphatic rings. The maximum Gasteiger partial charge on any atom is 0.124 e. The minimum Gasteiger partial charge on any atom is -0.379 e. The number of fused-ring (bicyclic) bond motifs is 1. The summed E-state index contributed by atoms with van der Waals surface area (Å²) in [5, 5.41) is 9.85. The predicted molar refractivity (Wildman–Crippen MR) is 123 cm³/mol. The highest BCUT2D eigenvalue weighted by Gasteiger charge is 2.17. The number of morpholine rings is 1. The molecule has 2 aromatic carbocycles. The van der Waals surface area contributed by atoms with Crippen LogP contribution < -0.4 is 0 Å². The Morgan fingerprint density at radius 3 is 2.68 bits per heavy atom. The van der Waals surface area contributed by atoms with Gasteiger partial charge in [-0.1, -0.05) is 41.9 Å². The fraction of sp³-hybridized carbons (Fsp3) is 0.417. The van der Waals surface area contributed by atoms with Crippen LogP contribution in [0.2, 0.25) is 5.02 Å². The van der Waals surface area contributed by atoms with Gasteiger partial charge in [0.25, 0.3) is 0 Å². The SMILES string of the molecule is N#CCCN(CCN1CCOCC1)Cc1nc2cc(Cl)ccc2n1Cc1ccccc1. The highest BCUT2D eigenvalue weighted by atomic mass is 35.5. The summed E-state index contributed by atoms with van der Waals surface area (Å²) in [7, 11) is 0. The number of ether oxygens (including phenoxy) is 1. The Morgan fingerprint density at radius 2 is 1.90 bits per heavy atom. The molecule has 31 heavy (non-hydrogen) atoms. The Labute approximate surface area is 188 Å². The third kappa shape index (κ3) is 5.84. The van der Waals surface area contributed by atoms with Crippen molar-refractivity contribution in [3.8, 4) is 6.07 Å². The number of nitrogens with zero attached hydrogens (tertiary/aromatic N) is 5. The zero-order valence-electron chi connectivity index (χ0n) is 17.7. The minimum atomic E-state index is 0.508. The first kappa shape index (κ1) is 21.8. The van der Waals surface area contributed by atoms with E-state index in [4.69, 9.17) is 26.6 Å². The summed E-state index contributed by atoms with van der Waals surface area (Å²) in [5.41, 5.74) is 3.22. The van der Waals surface area contributed by atoms with Gasteiger partial charge in [0.15, 0.2) is 0 Å². The molecule has 1 fully saturated rings. The predicted octanol–water partition coefficient (Wildman–Crippen LogP) is 3.79. The lowest BCUT2D eigenvalue weighted by Gasteiger charge is -2.29. The maximum atomic E-state index is 9.15. The van der Waals surface area contributed by atoms with Crippen LogP contribution in [0, 0.1) is 11.3 Å². The number of hydrogen-bond acceptors (Lipinski definition) is 5. The van der Waals surface area contributed by atoms with Crippen LogP contribution >= 0.6 is 11.6 Å². The molecule has 2 heterocycles. The van der Waals surface area contributed by atoms with E-state index in [-0.39, 0.29) is 0 Å². The van der Waals surface area contributed by atoms with Crippen molar-refractivity contribution in [3.05, 3.63) is 64.9 Å². The van der Waals surface area contributed by atoms with Crippen molar-refractivity contribution < 1.29 is 4.74 Å². The standard InChI is InChI=1S/C24H28ClN5O/c25-21-7-8-23-22(17-21)27-24(30(23)18-20-5-2-1-3-6-20)19-29(10-4-9-26)12-11-28-13-15-31-16-14-28/h1-3,5-8,17H,4,10-16,18-19H2. The lowest BCUT2D eigenvalue weighted by Crippen LogP contribution is -2.41. The summed E-state index contributed by atoms with van der Waals surface area (Å²) in [6.07, 6.45) is 0.508. The molecule has 0 unspecified atom stereocenters. The number of imidazole rings is 1. The zero-order valence-corrected chi connectivity index (χ0v) is 18.5. The minimum absolute atomic E-state index is 0.508. The van der Waals surface area contributed by atoms with E-state index in [0.717, 1.165) is 69.3 Å². The van der Waals surface area contributed by atoms with E-state index in [2.05, 4.69) is 44.7 Å². The van der Waals surface area contributed by atoms with E-state index in [9.17, 15) is 0 Å². The first-order valence-corrected chi connectivity index (χ1v) is 11.2. The van der Waals surface area contributed by atoms with Gasteiger partial charge in [-0.25, -0.2) is 4.98 Å². The van der Waals surface area contributed by atoms with Crippen molar-refractivity contribution >= 4 is 22.6 Å². The molecular weight excluding hydrogens is 410 g/mol. The van der Waals surface area contributed by atoms with Gasteiger partial charge < -0.3 is 9.30 Å². The molecule has 3 aromatic rings. The van der Waals surface area contributed by atoms with Crippen molar-refractivity contribution in [2.75, 3.05) is 45.9 Å². The van der Waals surface area contributed by atoms with Crippen LogP contribution in [0.1, 0.15) is 17.8 Å². The van der Waals surface area contributed by atoms with Crippen LogP contribution in [-0.2, 0) is 17.8 Å². The van der Waals surface area contributed by atoms with Gasteiger partial charge in [-0.05, 0) is 23.8 Å². The van der Waals surface area contributed by atoms with Crippen molar-refractivity contribution in [2.45, 2.75) is 19.5 Å². The highest BCUT2D eigenvalue weighted by Crippen LogP contribution is 2.23. The van der Waals surface area contributed by atoms with Gasteiger partial charge in [-0.2, -0.15) is 5.26 Å². The number of halogens is 1. The zero-order chi connectivity index (χ0) is 21.5. The quantitative estimate of drug-likeness (QED) is 0.509. The molecule has 0 radical (unpaired) electrons. The molecule has 4 rings (SSSR count). The van der Waals surface area contributed by atoms with E-state index in [1.165, 1.54) is 5.56 Å². The van der Waals surface area contributed by atoms with E-state index < -0.39 is 0 Å². The van der Waals surface area contributed by atoms with Gasteiger partial charge in [-0.3, -0.25) is 9.80 Å². The van der Waals surface area contributed by atoms with Crippen molar-refractivity contribution in [2.24, 2.45) is 0 Å². The number of rotatable bonds is 9. The summed E-state index contributed by atoms with van der Waals surface area (Å²) in [5.74, 6) is 1.00. The highest BCUT2D eigenvalue weighted by molar-refractivity contribution is 6.31. The summed E-state index contributed by atoms with van der Waals surface area (Å²) >= 11 is 6.24. The Hall–Kier alpha value is -2.43. The Bertz CT molecular complexity index is 1020. The molecule has 0 spiro atoms. The number of hydrogen-bond donors (Lipinski definition) is 0. The van der Waals surface area contributed by atoms with Gasteiger partial charge in [-0.15, -0.1) is 0 Å². The van der Waals surface area contributed by atoms with Crippen LogP contribution in [0.5, 0.6) is 0 Å². The third-order valence-electron chi connectivity index (χ3n) is 5.71. The first-order chi connectivity index (χ1) is 15.2. The van der Waals surface area contributed by atoms with E-state index in [1.807, 2.05) is 24.3 Å². The Kier molecular flexibility index (Phi) is 7.55. The monoisotopic (exact) mass is 437 g/mol. The summed E-state index contributed by atoms with van der Waals surface area (Å²) < 4.78 is 7.73. The third-order valence-corrected chi connectivity index (χ3v) is 5.95. The van der Waals surface area contributed by atoms with Gasteiger partial charge >= 0.3 is 0 Å². The normalized spacial score (nSPS) is 14.9. The summed E-state index contributed by atoms with van der Waals surface area (Å²) in [4.78, 5) is 9.70. The topological polar surface area (TPSA) is 57.3 Å². The largest absolute Gasteiger partial charge is 0.379 e. The fourth-order valence-corrected chi connectivity index (χ4v) is 4.17. The smallest absolute Gasteiger partial charge is 0.124 e. The molecule has 7 heteroatoms. The van der Waals surface area contributed by atoms with Gasteiger partial charge in [0.05, 0.1) is 36.9 Å². The average molecular weight is 438 g/mol. The second-order valence-electron chi connectivity index (χ2n) is 7.87. The number of benzene rings is 2. The van der Waals surface area contributed by atoms with Gasteiger partial charge in [0.1, 0.15) is 5.82 Å². The molecule has 0 N–H and O–H groups in total. The molecule has 6 nitrogen and oxygen atoms in total. The van der Waals surface area contributed by atoms with Crippen LogP contribution in [0.4, 0.5) is 0 Å². The number of nitriles is 1. The molecule has 1 saturated heterocycles. The maximum absolute atomic E-state index is 9.15. The number of aromatic nitrogens is 2. The Balaban J connectivity index is 1.57. The van der Waals surface area contributed by atoms with E-state index in [0.29, 0.717) is 18.0 Å². The van der Waals surface area contributed by atoms with Gasteiger partial charge in [0, 0.05) is 50.7 Å². The van der Waals surface area contributed by atoms with Crippen LogP contribution in [0.3, 0.4) is 0 Å². The van der Waals surface area contributed by atoms with E-state index >= 15 is 0 Å². The van der Waals surface area contributed by atoms with Crippen LogP contribution in [0.25, 0.3) is 11.0 Å².